The van der Waals surface area contributed by atoms with Gasteiger partial charge in [0.25, 0.3) is 0 Å². The first kappa shape index (κ1) is 12.9. The van der Waals surface area contributed by atoms with E-state index in [1.54, 1.807) is 0 Å². The Kier molecular flexibility index (Phi) is 3.44. The highest BCUT2D eigenvalue weighted by Crippen LogP contribution is 2.34. The number of rotatable bonds is 1. The third kappa shape index (κ3) is 2.34. The third-order valence-corrected chi connectivity index (χ3v) is 4.01. The summed E-state index contributed by atoms with van der Waals surface area (Å²) in [5, 5.41) is 11.1. The van der Waals surface area contributed by atoms with Gasteiger partial charge in [0.05, 0.1) is 0 Å². The van der Waals surface area contributed by atoms with Gasteiger partial charge >= 0.3 is 0 Å². The largest absolute Gasteiger partial charge is 0.160 e. The van der Waals surface area contributed by atoms with Crippen molar-refractivity contribution in [2.45, 2.75) is 0 Å². The minimum absolute atomic E-state index is 0.389. The van der Waals surface area contributed by atoms with Crippen LogP contribution in [-0.2, 0) is 0 Å². The summed E-state index contributed by atoms with van der Waals surface area (Å²) in [6, 6.07) is 13.4. The summed E-state index contributed by atoms with van der Waals surface area (Å²) in [6.45, 7) is 0. The molecule has 0 spiro atoms. The molecule has 0 bridgehead atoms. The van der Waals surface area contributed by atoms with Gasteiger partial charge in [0.15, 0.2) is 5.15 Å². The van der Waals surface area contributed by atoms with Crippen molar-refractivity contribution in [2.75, 3.05) is 0 Å². The first-order valence-electron chi connectivity index (χ1n) is 5.53. The van der Waals surface area contributed by atoms with Gasteiger partial charge in [0.1, 0.15) is 5.69 Å². The number of fused-ring (bicyclic) bond motifs is 1. The first-order valence-corrected chi connectivity index (χ1v) is 7.08. The molecule has 0 amide bonds. The van der Waals surface area contributed by atoms with Crippen molar-refractivity contribution < 1.29 is 0 Å². The van der Waals surface area contributed by atoms with Crippen LogP contribution in [0.1, 0.15) is 0 Å². The predicted octanol–water partition coefficient (Wildman–Crippen LogP) is 5.37. The Hall–Kier alpha value is -1.16. The molecule has 0 aliphatic rings. The van der Waals surface area contributed by atoms with Crippen molar-refractivity contribution in [2.24, 2.45) is 0 Å². The highest BCUT2D eigenvalue weighted by Gasteiger charge is 2.11. The molecule has 0 aliphatic heterocycles. The van der Waals surface area contributed by atoms with Crippen LogP contribution in [0.3, 0.4) is 0 Å². The molecule has 0 fully saturated rings. The number of hydrogen-bond acceptors (Lipinski definition) is 2. The lowest BCUT2D eigenvalue weighted by atomic mass is 10.1. The average Bonchev–Trinajstić information content (AvgIpc) is 2.41. The molecule has 1 aromatic heterocycles. The second kappa shape index (κ2) is 5.08. The van der Waals surface area contributed by atoms with Crippen LogP contribution in [0.25, 0.3) is 22.0 Å². The van der Waals surface area contributed by atoms with Crippen molar-refractivity contribution in [3.63, 3.8) is 0 Å². The molecule has 0 aliphatic carbocycles. The van der Waals surface area contributed by atoms with Crippen molar-refractivity contribution >= 4 is 49.9 Å². The molecule has 0 radical (unpaired) electrons. The van der Waals surface area contributed by atoms with Gasteiger partial charge in [-0.1, -0.05) is 63.4 Å². The fourth-order valence-electron chi connectivity index (χ4n) is 1.95. The highest BCUT2D eigenvalue weighted by molar-refractivity contribution is 9.10. The van der Waals surface area contributed by atoms with E-state index >= 15 is 0 Å². The standard InChI is InChI=1S/C14H7BrCl2N2/c15-11-3-1-2-10-12(11)14(17)19-18-13(10)8-4-6-9(16)7-5-8/h1-7H. The average molecular weight is 354 g/mol. The van der Waals surface area contributed by atoms with Gasteiger partial charge in [-0.15, -0.1) is 10.2 Å². The second-order valence-corrected chi connectivity index (χ2v) is 5.66. The fourth-order valence-corrected chi connectivity index (χ4v) is 2.99. The van der Waals surface area contributed by atoms with Crippen LogP contribution >= 0.6 is 39.1 Å². The second-order valence-electron chi connectivity index (χ2n) is 4.01. The molecule has 1 heterocycles. The molecule has 94 valence electrons. The molecule has 0 N–H and O–H groups in total. The normalized spacial score (nSPS) is 10.9. The predicted molar refractivity (Wildman–Crippen MR) is 82.7 cm³/mol. The summed E-state index contributed by atoms with van der Waals surface area (Å²) in [5.74, 6) is 0. The van der Waals surface area contributed by atoms with E-state index in [0.717, 1.165) is 26.5 Å². The zero-order chi connectivity index (χ0) is 13.4. The van der Waals surface area contributed by atoms with Crippen LogP contribution in [0.5, 0.6) is 0 Å². The minimum Gasteiger partial charge on any atom is -0.148 e. The molecule has 0 unspecified atom stereocenters. The number of benzene rings is 2. The lowest BCUT2D eigenvalue weighted by Crippen LogP contribution is -1.92. The van der Waals surface area contributed by atoms with E-state index in [0.29, 0.717) is 10.2 Å². The summed E-state index contributed by atoms with van der Waals surface area (Å²) in [7, 11) is 0. The van der Waals surface area contributed by atoms with Gasteiger partial charge in [0.2, 0.25) is 0 Å². The van der Waals surface area contributed by atoms with Crippen molar-refractivity contribution in [3.8, 4) is 11.3 Å². The molecule has 2 nitrogen and oxygen atoms in total. The minimum atomic E-state index is 0.389. The number of halogens is 3. The summed E-state index contributed by atoms with van der Waals surface area (Å²) in [6.07, 6.45) is 0. The Morgan fingerprint density at radius 3 is 2.37 bits per heavy atom. The molecule has 3 rings (SSSR count). The topological polar surface area (TPSA) is 25.8 Å². The van der Waals surface area contributed by atoms with E-state index in [1.165, 1.54) is 0 Å². The van der Waals surface area contributed by atoms with E-state index in [9.17, 15) is 0 Å². The van der Waals surface area contributed by atoms with E-state index < -0.39 is 0 Å². The van der Waals surface area contributed by atoms with Crippen LogP contribution in [0.4, 0.5) is 0 Å². The first-order chi connectivity index (χ1) is 9.16. The lowest BCUT2D eigenvalue weighted by molar-refractivity contribution is 1.06. The SMILES string of the molecule is Clc1ccc(-c2nnc(Cl)c3c(Br)cccc23)cc1. The lowest BCUT2D eigenvalue weighted by Gasteiger charge is -2.07. The maximum Gasteiger partial charge on any atom is 0.160 e. The molecule has 19 heavy (non-hydrogen) atoms. The van der Waals surface area contributed by atoms with Crippen LogP contribution in [0, 0.1) is 0 Å². The maximum absolute atomic E-state index is 6.12. The van der Waals surface area contributed by atoms with Crippen LogP contribution in [0.15, 0.2) is 46.9 Å². The highest BCUT2D eigenvalue weighted by atomic mass is 79.9. The van der Waals surface area contributed by atoms with E-state index in [4.69, 9.17) is 23.2 Å². The van der Waals surface area contributed by atoms with Gasteiger partial charge in [0, 0.05) is 25.8 Å². The van der Waals surface area contributed by atoms with E-state index in [1.807, 2.05) is 42.5 Å². The van der Waals surface area contributed by atoms with Crippen LogP contribution in [-0.4, -0.2) is 10.2 Å². The monoisotopic (exact) mass is 352 g/mol. The van der Waals surface area contributed by atoms with Gasteiger partial charge in [-0.3, -0.25) is 0 Å². The summed E-state index contributed by atoms with van der Waals surface area (Å²) in [4.78, 5) is 0. The quantitative estimate of drug-likeness (QED) is 0.588. The van der Waals surface area contributed by atoms with Gasteiger partial charge in [-0.25, -0.2) is 0 Å². The molecular weight excluding hydrogens is 347 g/mol. The van der Waals surface area contributed by atoms with Gasteiger partial charge < -0.3 is 0 Å². The van der Waals surface area contributed by atoms with E-state index in [-0.39, 0.29) is 0 Å². The Bertz CT molecular complexity index is 749. The summed E-state index contributed by atoms with van der Waals surface area (Å²) >= 11 is 15.5. The van der Waals surface area contributed by atoms with Crippen molar-refractivity contribution in [3.05, 3.63) is 57.1 Å². The van der Waals surface area contributed by atoms with E-state index in [2.05, 4.69) is 26.1 Å². The Balaban J connectivity index is 2.34. The van der Waals surface area contributed by atoms with Gasteiger partial charge in [-0.2, -0.15) is 0 Å². The maximum atomic E-state index is 6.12. The smallest absolute Gasteiger partial charge is 0.148 e. The number of aromatic nitrogens is 2. The zero-order valence-corrected chi connectivity index (χ0v) is 12.7. The van der Waals surface area contributed by atoms with Crippen molar-refractivity contribution in [1.82, 2.24) is 10.2 Å². The Labute approximate surface area is 128 Å². The number of nitrogens with zero attached hydrogens (tertiary/aromatic N) is 2. The molecule has 0 saturated heterocycles. The molecule has 2 aromatic carbocycles. The van der Waals surface area contributed by atoms with Crippen molar-refractivity contribution in [1.29, 1.82) is 0 Å². The summed E-state index contributed by atoms with van der Waals surface area (Å²) in [5.41, 5.74) is 1.74. The van der Waals surface area contributed by atoms with Crippen LogP contribution in [0.2, 0.25) is 10.2 Å². The summed E-state index contributed by atoms with van der Waals surface area (Å²) < 4.78 is 0.903. The molecule has 5 heteroatoms. The Morgan fingerprint density at radius 2 is 1.63 bits per heavy atom. The van der Waals surface area contributed by atoms with Gasteiger partial charge in [-0.05, 0) is 18.2 Å². The molecule has 0 saturated carbocycles. The third-order valence-electron chi connectivity index (χ3n) is 2.83. The van der Waals surface area contributed by atoms with Crippen LogP contribution < -0.4 is 0 Å². The Morgan fingerprint density at radius 1 is 0.895 bits per heavy atom. The molecule has 0 atom stereocenters. The molecule has 3 aromatic rings. The molecular formula is C14H7BrCl2N2. The fraction of sp³-hybridized carbons (Fsp3) is 0. The number of hydrogen-bond donors (Lipinski definition) is 0. The zero-order valence-electron chi connectivity index (χ0n) is 9.57.